The van der Waals surface area contributed by atoms with Crippen molar-refractivity contribution in [1.29, 1.82) is 0 Å². The van der Waals surface area contributed by atoms with Crippen LogP contribution in [0.5, 0.6) is 0 Å². The Hall–Kier alpha value is -3.07. The fraction of sp³-hybridized carbons (Fsp3) is 0.300. The van der Waals surface area contributed by atoms with Crippen LogP contribution in [-0.2, 0) is 20.7 Å². The summed E-state index contributed by atoms with van der Waals surface area (Å²) in [5, 5.41) is 0.298. The Morgan fingerprint density at radius 1 is 1.31 bits per heavy atom. The molecule has 0 radical (unpaired) electrons. The molecule has 7 nitrogen and oxygen atoms in total. The minimum absolute atomic E-state index is 0.140. The Bertz CT molecular complexity index is 1140. The largest absolute Gasteiger partial charge is 0.462 e. The van der Waals surface area contributed by atoms with E-state index in [1.54, 1.807) is 26.8 Å². The molecular weight excluding hydrogens is 399 g/mol. The lowest BCUT2D eigenvalue weighted by Gasteiger charge is -2.12. The molecule has 0 aliphatic rings. The highest BCUT2D eigenvalue weighted by molar-refractivity contribution is 7.20. The summed E-state index contributed by atoms with van der Waals surface area (Å²) in [6.45, 7) is 5.12. The third kappa shape index (κ3) is 4.34. The van der Waals surface area contributed by atoms with Crippen molar-refractivity contribution in [3.8, 4) is 0 Å². The van der Waals surface area contributed by atoms with Crippen molar-refractivity contribution in [1.82, 2.24) is 9.97 Å². The van der Waals surface area contributed by atoms with Crippen LogP contribution in [0.25, 0.3) is 10.2 Å². The number of H-pyrrole nitrogens is 1. The minimum Gasteiger partial charge on any atom is -0.462 e. The molecule has 0 saturated carbocycles. The lowest BCUT2D eigenvalue weighted by atomic mass is 10.1. The molecule has 0 saturated heterocycles. The number of halogens is 1. The van der Waals surface area contributed by atoms with E-state index in [1.807, 2.05) is 0 Å². The van der Waals surface area contributed by atoms with Crippen molar-refractivity contribution >= 4 is 33.5 Å². The number of thiophene rings is 1. The molecule has 0 fully saturated rings. The van der Waals surface area contributed by atoms with Gasteiger partial charge in [-0.1, -0.05) is 18.2 Å². The summed E-state index contributed by atoms with van der Waals surface area (Å²) in [7, 11) is 0. The van der Waals surface area contributed by atoms with Gasteiger partial charge in [-0.15, -0.1) is 11.3 Å². The van der Waals surface area contributed by atoms with Crippen LogP contribution in [0.3, 0.4) is 0 Å². The molecule has 152 valence electrons. The highest BCUT2D eigenvalue weighted by Gasteiger charge is 2.22. The van der Waals surface area contributed by atoms with Gasteiger partial charge >= 0.3 is 11.9 Å². The van der Waals surface area contributed by atoms with Crippen LogP contribution in [0.1, 0.15) is 46.6 Å². The van der Waals surface area contributed by atoms with Gasteiger partial charge in [-0.3, -0.25) is 9.59 Å². The van der Waals surface area contributed by atoms with Gasteiger partial charge in [0, 0.05) is 0 Å². The fourth-order valence-electron chi connectivity index (χ4n) is 2.84. The van der Waals surface area contributed by atoms with Gasteiger partial charge in [0.25, 0.3) is 5.56 Å². The predicted octanol–water partition coefficient (Wildman–Crippen LogP) is 3.46. The number of nitrogens with one attached hydrogen (secondary N) is 1. The number of fused-ring (bicyclic) bond motifs is 1. The van der Waals surface area contributed by atoms with Gasteiger partial charge in [0.05, 0.1) is 18.4 Å². The van der Waals surface area contributed by atoms with E-state index < -0.39 is 29.4 Å². The number of carbonyl (C=O) groups is 2. The van der Waals surface area contributed by atoms with Gasteiger partial charge in [0.1, 0.15) is 15.5 Å². The van der Waals surface area contributed by atoms with E-state index in [0.29, 0.717) is 20.7 Å². The molecule has 1 N–H and O–H groups in total. The summed E-state index contributed by atoms with van der Waals surface area (Å²) in [5.74, 6) is -1.52. The number of hydrogen-bond donors (Lipinski definition) is 1. The highest BCUT2D eigenvalue weighted by Crippen LogP contribution is 2.28. The van der Waals surface area contributed by atoms with E-state index in [-0.39, 0.29) is 24.4 Å². The molecule has 0 bridgehead atoms. The van der Waals surface area contributed by atoms with Gasteiger partial charge in [-0.05, 0) is 38.0 Å². The second-order valence-corrected chi connectivity index (χ2v) is 7.31. The van der Waals surface area contributed by atoms with Crippen LogP contribution in [-0.4, -0.2) is 28.5 Å². The summed E-state index contributed by atoms with van der Waals surface area (Å²) in [6.07, 6.45) is -1.10. The van der Waals surface area contributed by atoms with Gasteiger partial charge in [-0.2, -0.15) is 0 Å². The first-order valence-corrected chi connectivity index (χ1v) is 9.76. The van der Waals surface area contributed by atoms with Crippen molar-refractivity contribution < 1.29 is 23.5 Å². The smallest absolute Gasteiger partial charge is 0.348 e. The van der Waals surface area contributed by atoms with Crippen molar-refractivity contribution in [3.63, 3.8) is 0 Å². The Morgan fingerprint density at radius 2 is 2.03 bits per heavy atom. The van der Waals surface area contributed by atoms with Crippen molar-refractivity contribution in [2.24, 2.45) is 0 Å². The zero-order valence-corrected chi connectivity index (χ0v) is 16.9. The minimum atomic E-state index is -0.861. The van der Waals surface area contributed by atoms with E-state index in [4.69, 9.17) is 9.47 Å². The molecular formula is C20H19FN2O5S. The van der Waals surface area contributed by atoms with Crippen molar-refractivity contribution in [3.05, 3.63) is 62.3 Å². The van der Waals surface area contributed by atoms with E-state index in [9.17, 15) is 18.8 Å². The standard InChI is InChI=1S/C20H19FN2O5S/c1-4-27-20(26)16-10(2)15-18(25)22-17(23-19(15)29-16)11(3)28-14(24)9-12-7-5-6-8-13(12)21/h5-8,11H,4,9H2,1-3H3,(H,22,23,25)/t11-/m0/s1. The second kappa shape index (κ2) is 8.52. The van der Waals surface area contributed by atoms with Crippen LogP contribution in [0.2, 0.25) is 0 Å². The molecule has 9 heteroatoms. The molecule has 1 atom stereocenters. The lowest BCUT2D eigenvalue weighted by molar-refractivity contribution is -0.148. The van der Waals surface area contributed by atoms with Gasteiger partial charge in [-0.25, -0.2) is 14.2 Å². The van der Waals surface area contributed by atoms with Crippen LogP contribution < -0.4 is 5.56 Å². The van der Waals surface area contributed by atoms with Gasteiger partial charge in [0.2, 0.25) is 0 Å². The zero-order chi connectivity index (χ0) is 21.1. The number of esters is 2. The highest BCUT2D eigenvalue weighted by atomic mass is 32.1. The number of ether oxygens (including phenoxy) is 2. The molecule has 0 unspecified atom stereocenters. The summed E-state index contributed by atoms with van der Waals surface area (Å²) in [4.78, 5) is 44.3. The summed E-state index contributed by atoms with van der Waals surface area (Å²) < 4.78 is 24.0. The summed E-state index contributed by atoms with van der Waals surface area (Å²) in [6, 6.07) is 5.92. The number of aryl methyl sites for hydroxylation is 1. The molecule has 0 amide bonds. The average Bonchev–Trinajstić information content (AvgIpc) is 3.01. The SMILES string of the molecule is CCOC(=O)c1sc2nc([C@H](C)OC(=O)Cc3ccccc3F)[nH]c(=O)c2c1C. The van der Waals surface area contributed by atoms with Gasteiger partial charge in [0.15, 0.2) is 11.9 Å². The second-order valence-electron chi connectivity index (χ2n) is 6.31. The number of aromatic nitrogens is 2. The third-order valence-electron chi connectivity index (χ3n) is 4.27. The van der Waals surface area contributed by atoms with Crippen LogP contribution in [0, 0.1) is 12.7 Å². The van der Waals surface area contributed by atoms with Crippen LogP contribution >= 0.6 is 11.3 Å². The molecule has 2 aromatic heterocycles. The number of benzene rings is 1. The topological polar surface area (TPSA) is 98.3 Å². The molecule has 0 aliphatic carbocycles. The van der Waals surface area contributed by atoms with Crippen LogP contribution in [0.15, 0.2) is 29.1 Å². The molecule has 2 heterocycles. The monoisotopic (exact) mass is 418 g/mol. The summed E-state index contributed by atoms with van der Waals surface area (Å²) >= 11 is 1.05. The van der Waals surface area contributed by atoms with Gasteiger partial charge < -0.3 is 14.5 Å². The first kappa shape index (κ1) is 20.7. The van der Waals surface area contributed by atoms with E-state index in [1.165, 1.54) is 18.2 Å². The zero-order valence-electron chi connectivity index (χ0n) is 16.1. The lowest BCUT2D eigenvalue weighted by Crippen LogP contribution is -2.18. The molecule has 1 aromatic carbocycles. The average molecular weight is 418 g/mol. The first-order chi connectivity index (χ1) is 13.8. The van der Waals surface area contributed by atoms with Crippen molar-refractivity contribution in [2.45, 2.75) is 33.3 Å². The molecule has 0 aliphatic heterocycles. The molecule has 29 heavy (non-hydrogen) atoms. The first-order valence-electron chi connectivity index (χ1n) is 8.95. The van der Waals surface area contributed by atoms with Crippen molar-refractivity contribution in [2.75, 3.05) is 6.61 Å². The quantitative estimate of drug-likeness (QED) is 0.616. The van der Waals surface area contributed by atoms with E-state index >= 15 is 0 Å². The number of nitrogens with zero attached hydrogens (tertiary/aromatic N) is 1. The summed E-state index contributed by atoms with van der Waals surface area (Å²) in [5.41, 5.74) is 0.272. The van der Waals surface area contributed by atoms with Crippen LogP contribution in [0.4, 0.5) is 4.39 Å². The number of aromatic amines is 1. The van der Waals surface area contributed by atoms with E-state index in [2.05, 4.69) is 9.97 Å². The Morgan fingerprint density at radius 3 is 2.72 bits per heavy atom. The molecule has 0 spiro atoms. The maximum Gasteiger partial charge on any atom is 0.348 e. The number of carbonyl (C=O) groups excluding carboxylic acids is 2. The number of hydrogen-bond acceptors (Lipinski definition) is 7. The normalized spacial score (nSPS) is 12.0. The molecule has 3 aromatic rings. The fourth-order valence-corrected chi connectivity index (χ4v) is 3.92. The Kier molecular flexibility index (Phi) is 6.07. The third-order valence-corrected chi connectivity index (χ3v) is 5.43. The Labute approximate surface area is 169 Å². The molecule has 3 rings (SSSR count). The maximum atomic E-state index is 13.7. The van der Waals surface area contributed by atoms with E-state index in [0.717, 1.165) is 11.3 Å². The maximum absolute atomic E-state index is 13.7. The Balaban J connectivity index is 1.84. The number of rotatable bonds is 6. The predicted molar refractivity (Wildman–Crippen MR) is 106 cm³/mol.